The van der Waals surface area contributed by atoms with Gasteiger partial charge in [0.15, 0.2) is 0 Å². The van der Waals surface area contributed by atoms with Crippen molar-refractivity contribution in [2.24, 2.45) is 17.6 Å². The molecule has 74 valence electrons. The summed E-state index contributed by atoms with van der Waals surface area (Å²) in [5, 5.41) is 0. The third kappa shape index (κ3) is 12.2. The lowest BCUT2D eigenvalue weighted by molar-refractivity contribution is -0.121. The maximum atomic E-state index is 10.2. The highest BCUT2D eigenvalue weighted by atomic mass is 16.1. The number of primary amides is 1. The Morgan fingerprint density at radius 2 is 1.50 bits per heavy atom. The zero-order valence-electron chi connectivity index (χ0n) is 9.05. The molecular formula is C10H23NO. The van der Waals surface area contributed by atoms with Crippen LogP contribution in [0.4, 0.5) is 0 Å². The van der Waals surface area contributed by atoms with Gasteiger partial charge < -0.3 is 5.73 Å². The Balaban J connectivity index is 0. The Hall–Kier alpha value is -0.530. The van der Waals surface area contributed by atoms with E-state index < -0.39 is 0 Å². The molecule has 0 heterocycles. The van der Waals surface area contributed by atoms with Crippen molar-refractivity contribution in [1.82, 2.24) is 0 Å². The maximum Gasteiger partial charge on any atom is 0.220 e. The van der Waals surface area contributed by atoms with Crippen molar-refractivity contribution in [1.29, 1.82) is 0 Å². The van der Waals surface area contributed by atoms with Gasteiger partial charge >= 0.3 is 0 Å². The highest BCUT2D eigenvalue weighted by molar-refractivity contribution is 5.76. The van der Waals surface area contributed by atoms with Gasteiger partial charge in [-0.2, -0.15) is 0 Å². The van der Waals surface area contributed by atoms with Crippen LogP contribution in [0.3, 0.4) is 0 Å². The Morgan fingerprint density at radius 3 is 1.50 bits per heavy atom. The van der Waals surface area contributed by atoms with Crippen LogP contribution in [-0.2, 0) is 4.79 Å². The molecule has 0 aliphatic heterocycles. The number of nitrogens with two attached hydrogens (primary N) is 1. The minimum atomic E-state index is -0.206. The van der Waals surface area contributed by atoms with E-state index in [9.17, 15) is 4.79 Å². The fourth-order valence-corrected chi connectivity index (χ4v) is 0.201. The first-order valence-corrected chi connectivity index (χ1v) is 4.74. The summed E-state index contributed by atoms with van der Waals surface area (Å²) in [6, 6.07) is 0. The summed E-state index contributed by atoms with van der Waals surface area (Å²) in [5.41, 5.74) is 4.91. The number of carbonyl (C=O) groups excluding carboxylic acids is 1. The van der Waals surface area contributed by atoms with Crippen LogP contribution in [0.15, 0.2) is 0 Å². The topological polar surface area (TPSA) is 43.1 Å². The molecule has 0 fully saturated rings. The molecule has 2 nitrogen and oxygen atoms in total. The van der Waals surface area contributed by atoms with Gasteiger partial charge in [-0.1, -0.05) is 41.0 Å². The number of carbonyl (C=O) groups is 1. The standard InChI is InChI=1S/C5H11NO.C5H12/c1-3-4(2)5(6)7;1-4-5(2)3/h4H,3H2,1-2H3,(H2,6,7);5H,4H2,1-3H3. The van der Waals surface area contributed by atoms with Gasteiger partial charge in [-0.05, 0) is 12.3 Å². The van der Waals surface area contributed by atoms with E-state index in [-0.39, 0.29) is 11.8 Å². The quantitative estimate of drug-likeness (QED) is 0.700. The molecule has 0 aliphatic rings. The molecule has 0 aromatic heterocycles. The molecule has 0 aromatic rings. The number of amides is 1. The largest absolute Gasteiger partial charge is 0.369 e. The summed E-state index contributed by atoms with van der Waals surface area (Å²) in [6.45, 7) is 10.4. The number of hydrogen-bond acceptors (Lipinski definition) is 1. The van der Waals surface area contributed by atoms with Gasteiger partial charge in [-0.3, -0.25) is 4.79 Å². The summed E-state index contributed by atoms with van der Waals surface area (Å²) in [5.74, 6) is 0.720. The van der Waals surface area contributed by atoms with Crippen LogP contribution in [0.2, 0.25) is 0 Å². The summed E-state index contributed by atoms with van der Waals surface area (Å²) in [6.07, 6.45) is 2.15. The average Bonchev–Trinajstić information content (AvgIpc) is 2.04. The fraction of sp³-hybridized carbons (Fsp3) is 0.900. The van der Waals surface area contributed by atoms with Crippen molar-refractivity contribution in [2.75, 3.05) is 0 Å². The average molecular weight is 173 g/mol. The van der Waals surface area contributed by atoms with Crippen molar-refractivity contribution in [2.45, 2.75) is 47.5 Å². The molecule has 0 bridgehead atoms. The van der Waals surface area contributed by atoms with Crippen LogP contribution in [0, 0.1) is 11.8 Å². The van der Waals surface area contributed by atoms with E-state index in [4.69, 9.17) is 5.73 Å². The lowest BCUT2D eigenvalue weighted by atomic mass is 10.1. The van der Waals surface area contributed by atoms with Gasteiger partial charge in [-0.15, -0.1) is 0 Å². The predicted molar refractivity (Wildman–Crippen MR) is 53.8 cm³/mol. The molecule has 1 unspecified atom stereocenters. The zero-order chi connectivity index (χ0) is 10.1. The van der Waals surface area contributed by atoms with Crippen LogP contribution in [0.5, 0.6) is 0 Å². The smallest absolute Gasteiger partial charge is 0.220 e. The van der Waals surface area contributed by atoms with E-state index >= 15 is 0 Å². The second-order valence-corrected chi connectivity index (χ2v) is 3.51. The van der Waals surface area contributed by atoms with E-state index in [0.29, 0.717) is 0 Å². The second kappa shape index (κ2) is 8.57. The highest BCUT2D eigenvalue weighted by Gasteiger charge is 2.02. The first-order valence-electron chi connectivity index (χ1n) is 4.74. The monoisotopic (exact) mass is 173 g/mol. The molecule has 12 heavy (non-hydrogen) atoms. The molecule has 0 aliphatic carbocycles. The summed E-state index contributed by atoms with van der Waals surface area (Å²) in [7, 11) is 0. The molecule has 0 rings (SSSR count). The summed E-state index contributed by atoms with van der Waals surface area (Å²) >= 11 is 0. The molecule has 1 amide bonds. The lowest BCUT2D eigenvalue weighted by Crippen LogP contribution is -2.19. The first-order chi connectivity index (χ1) is 5.45. The Bertz CT molecular complexity index is 110. The van der Waals surface area contributed by atoms with Gasteiger partial charge in [0.2, 0.25) is 5.91 Å². The lowest BCUT2D eigenvalue weighted by Gasteiger charge is -1.98. The van der Waals surface area contributed by atoms with Gasteiger partial charge in [0.05, 0.1) is 0 Å². The third-order valence-corrected chi connectivity index (χ3v) is 1.91. The third-order valence-electron chi connectivity index (χ3n) is 1.91. The fourth-order valence-electron chi connectivity index (χ4n) is 0.201. The second-order valence-electron chi connectivity index (χ2n) is 3.51. The minimum Gasteiger partial charge on any atom is -0.369 e. The van der Waals surface area contributed by atoms with E-state index in [1.807, 2.05) is 13.8 Å². The van der Waals surface area contributed by atoms with E-state index in [2.05, 4.69) is 20.8 Å². The molecule has 1 atom stereocenters. The zero-order valence-corrected chi connectivity index (χ0v) is 9.05. The molecular weight excluding hydrogens is 150 g/mol. The van der Waals surface area contributed by atoms with Gasteiger partial charge in [-0.25, -0.2) is 0 Å². The van der Waals surface area contributed by atoms with Crippen molar-refractivity contribution >= 4 is 5.91 Å². The molecule has 0 saturated carbocycles. The summed E-state index contributed by atoms with van der Waals surface area (Å²) in [4.78, 5) is 10.2. The van der Waals surface area contributed by atoms with Crippen molar-refractivity contribution in [3.05, 3.63) is 0 Å². The first kappa shape index (κ1) is 14.0. The Labute approximate surface area is 76.5 Å². The van der Waals surface area contributed by atoms with Crippen LogP contribution < -0.4 is 5.73 Å². The Kier molecular flexibility index (Phi) is 10.0. The van der Waals surface area contributed by atoms with Gasteiger partial charge in [0.1, 0.15) is 0 Å². The van der Waals surface area contributed by atoms with Crippen molar-refractivity contribution in [3.8, 4) is 0 Å². The molecule has 2 N–H and O–H groups in total. The maximum absolute atomic E-state index is 10.2. The Morgan fingerprint density at radius 1 is 1.17 bits per heavy atom. The normalized spacial score (nSPS) is 11.8. The van der Waals surface area contributed by atoms with E-state index in [1.165, 1.54) is 6.42 Å². The minimum absolute atomic E-state index is 0.0417. The predicted octanol–water partition coefficient (Wildman–Crippen LogP) is 2.57. The van der Waals surface area contributed by atoms with Crippen LogP contribution >= 0.6 is 0 Å². The molecule has 2 heteroatoms. The van der Waals surface area contributed by atoms with Crippen molar-refractivity contribution < 1.29 is 4.79 Å². The molecule has 0 spiro atoms. The summed E-state index contributed by atoms with van der Waals surface area (Å²) < 4.78 is 0. The van der Waals surface area contributed by atoms with E-state index in [0.717, 1.165) is 12.3 Å². The number of hydrogen-bond donors (Lipinski definition) is 1. The number of rotatable bonds is 3. The van der Waals surface area contributed by atoms with Crippen molar-refractivity contribution in [3.63, 3.8) is 0 Å². The van der Waals surface area contributed by atoms with Crippen LogP contribution in [0.25, 0.3) is 0 Å². The molecule has 0 aromatic carbocycles. The molecule has 0 radical (unpaired) electrons. The highest BCUT2D eigenvalue weighted by Crippen LogP contribution is 1.96. The van der Waals surface area contributed by atoms with Crippen LogP contribution in [-0.4, -0.2) is 5.91 Å². The molecule has 0 saturated heterocycles. The van der Waals surface area contributed by atoms with E-state index in [1.54, 1.807) is 0 Å². The van der Waals surface area contributed by atoms with Gasteiger partial charge in [0, 0.05) is 5.92 Å². The van der Waals surface area contributed by atoms with Crippen LogP contribution in [0.1, 0.15) is 47.5 Å². The SMILES string of the molecule is CCC(C)C.CCC(C)C(N)=O. The van der Waals surface area contributed by atoms with Gasteiger partial charge in [0.25, 0.3) is 0 Å².